The minimum Gasteiger partial charge on any atom is -0.359 e. The number of aromatic nitrogens is 4. The number of aryl methyl sites for hydroxylation is 1. The molecule has 2 aliphatic heterocycles. The standard InChI is InChI=1S/C30H32FN7O2/c1-4-19-13-25(30(40)37-12-10-20-7-5-6-8-22(20)18(37)2)35-38-17-26(34-28(19)38)23-15-33-27(14-24(23)31)36-11-9-21(16-36)29(39)32-3/h5-8,13-15,17-18,21H,4,9-12,16H2,1-3H3,(H,32,39)/t18-,21+/m1/s1. The SMILES string of the molecule is CCc1cc(C(=O)N2CCc3ccccc3[C@H]2C)nn2cc(-c3cnc(N4CC[C@H](C(=O)NC)C4)cc3F)nc12. The molecule has 0 saturated carbocycles. The molecule has 2 aliphatic rings. The van der Waals surface area contributed by atoms with Crippen LogP contribution < -0.4 is 10.2 Å². The van der Waals surface area contributed by atoms with Crippen LogP contribution in [0.4, 0.5) is 10.2 Å². The molecule has 2 amide bonds. The van der Waals surface area contributed by atoms with Crippen molar-refractivity contribution in [2.45, 2.75) is 39.2 Å². The first-order valence-electron chi connectivity index (χ1n) is 13.8. The predicted octanol–water partition coefficient (Wildman–Crippen LogP) is 3.82. The van der Waals surface area contributed by atoms with E-state index < -0.39 is 5.82 Å². The average Bonchev–Trinajstić information content (AvgIpc) is 3.64. The molecule has 6 rings (SSSR count). The number of amides is 2. The molecular weight excluding hydrogens is 509 g/mol. The Labute approximate surface area is 232 Å². The van der Waals surface area contributed by atoms with Crippen LogP contribution in [0.3, 0.4) is 0 Å². The maximum absolute atomic E-state index is 15.4. The lowest BCUT2D eigenvalue weighted by Crippen LogP contribution is -2.39. The highest BCUT2D eigenvalue weighted by Gasteiger charge is 2.31. The zero-order chi connectivity index (χ0) is 28.0. The molecule has 1 N–H and O–H groups in total. The molecule has 0 bridgehead atoms. The first-order valence-corrected chi connectivity index (χ1v) is 13.8. The number of rotatable bonds is 5. The van der Waals surface area contributed by atoms with E-state index in [1.54, 1.807) is 23.8 Å². The van der Waals surface area contributed by atoms with Gasteiger partial charge >= 0.3 is 0 Å². The number of nitrogens with one attached hydrogen (secondary N) is 1. The van der Waals surface area contributed by atoms with Crippen molar-refractivity contribution in [2.75, 3.05) is 31.6 Å². The van der Waals surface area contributed by atoms with Gasteiger partial charge in [0.15, 0.2) is 5.65 Å². The minimum atomic E-state index is -0.452. The summed E-state index contributed by atoms with van der Waals surface area (Å²) in [4.78, 5) is 38.6. The molecule has 0 spiro atoms. The zero-order valence-corrected chi connectivity index (χ0v) is 22.9. The van der Waals surface area contributed by atoms with Crippen molar-refractivity contribution in [1.82, 2.24) is 29.8 Å². The van der Waals surface area contributed by atoms with Gasteiger partial charge in [-0.3, -0.25) is 9.59 Å². The van der Waals surface area contributed by atoms with Gasteiger partial charge in [0.1, 0.15) is 17.3 Å². The highest BCUT2D eigenvalue weighted by Crippen LogP contribution is 2.31. The molecule has 0 radical (unpaired) electrons. The number of nitrogens with zero attached hydrogens (tertiary/aromatic N) is 6. The van der Waals surface area contributed by atoms with Crippen molar-refractivity contribution in [3.05, 3.63) is 77.0 Å². The molecule has 9 nitrogen and oxygen atoms in total. The number of anilines is 1. The molecule has 206 valence electrons. The molecule has 5 heterocycles. The molecule has 0 aliphatic carbocycles. The van der Waals surface area contributed by atoms with Gasteiger partial charge in [-0.2, -0.15) is 5.10 Å². The van der Waals surface area contributed by atoms with E-state index in [1.165, 1.54) is 17.8 Å². The first kappa shape index (κ1) is 25.9. The van der Waals surface area contributed by atoms with E-state index in [0.29, 0.717) is 55.3 Å². The highest BCUT2D eigenvalue weighted by atomic mass is 19.1. The Hall–Kier alpha value is -4.34. The Bertz CT molecular complexity index is 1620. The largest absolute Gasteiger partial charge is 0.359 e. The highest BCUT2D eigenvalue weighted by molar-refractivity contribution is 5.93. The minimum absolute atomic E-state index is 0.0130. The van der Waals surface area contributed by atoms with Gasteiger partial charge in [-0.1, -0.05) is 31.2 Å². The summed E-state index contributed by atoms with van der Waals surface area (Å²) in [6.07, 6.45) is 5.27. The second kappa shape index (κ2) is 10.3. The maximum Gasteiger partial charge on any atom is 0.274 e. The molecule has 10 heteroatoms. The average molecular weight is 542 g/mol. The van der Waals surface area contributed by atoms with Gasteiger partial charge in [0.2, 0.25) is 5.91 Å². The van der Waals surface area contributed by atoms with Gasteiger partial charge in [-0.15, -0.1) is 0 Å². The Morgan fingerprint density at radius 2 is 2.00 bits per heavy atom. The second-order valence-electron chi connectivity index (χ2n) is 10.5. The summed E-state index contributed by atoms with van der Waals surface area (Å²) in [5, 5.41) is 7.29. The smallest absolute Gasteiger partial charge is 0.274 e. The number of benzene rings is 1. The van der Waals surface area contributed by atoms with Gasteiger partial charge in [-0.25, -0.2) is 18.9 Å². The molecule has 3 aromatic heterocycles. The zero-order valence-electron chi connectivity index (χ0n) is 22.9. The molecular formula is C30H32FN7O2. The quantitative estimate of drug-likeness (QED) is 0.413. The normalized spacial score (nSPS) is 18.7. The third-order valence-corrected chi connectivity index (χ3v) is 8.20. The van der Waals surface area contributed by atoms with E-state index in [9.17, 15) is 9.59 Å². The monoisotopic (exact) mass is 541 g/mol. The second-order valence-corrected chi connectivity index (χ2v) is 10.5. The summed E-state index contributed by atoms with van der Waals surface area (Å²) < 4.78 is 16.9. The first-order chi connectivity index (χ1) is 19.4. The van der Waals surface area contributed by atoms with Crippen LogP contribution in [0.15, 0.2) is 48.8 Å². The lowest BCUT2D eigenvalue weighted by molar-refractivity contribution is -0.123. The van der Waals surface area contributed by atoms with Crippen molar-refractivity contribution in [3.63, 3.8) is 0 Å². The number of hydrogen-bond donors (Lipinski definition) is 1. The van der Waals surface area contributed by atoms with Crippen LogP contribution in [-0.2, 0) is 17.6 Å². The third-order valence-electron chi connectivity index (χ3n) is 8.20. The molecule has 4 aromatic rings. The van der Waals surface area contributed by atoms with Gasteiger partial charge in [0.05, 0.1) is 29.4 Å². The number of pyridine rings is 1. The topological polar surface area (TPSA) is 95.7 Å². The third kappa shape index (κ3) is 4.47. The molecule has 1 saturated heterocycles. The van der Waals surface area contributed by atoms with Crippen LogP contribution in [0.1, 0.15) is 53.5 Å². The summed E-state index contributed by atoms with van der Waals surface area (Å²) in [7, 11) is 1.62. The van der Waals surface area contributed by atoms with E-state index in [4.69, 9.17) is 0 Å². The summed E-state index contributed by atoms with van der Waals surface area (Å²) in [5.41, 5.74) is 4.87. The van der Waals surface area contributed by atoms with Crippen molar-refractivity contribution in [2.24, 2.45) is 5.92 Å². The Balaban J connectivity index is 1.28. The lowest BCUT2D eigenvalue weighted by Gasteiger charge is -2.35. The van der Waals surface area contributed by atoms with Crippen molar-refractivity contribution < 1.29 is 14.0 Å². The van der Waals surface area contributed by atoms with Gasteiger partial charge in [0, 0.05) is 38.9 Å². The van der Waals surface area contributed by atoms with Crippen LogP contribution in [-0.4, -0.2) is 63.0 Å². The Kier molecular flexibility index (Phi) is 6.69. The molecule has 1 aromatic carbocycles. The van der Waals surface area contributed by atoms with Crippen LogP contribution in [0, 0.1) is 11.7 Å². The summed E-state index contributed by atoms with van der Waals surface area (Å²) >= 11 is 0. The van der Waals surface area contributed by atoms with Crippen LogP contribution in [0.25, 0.3) is 16.9 Å². The van der Waals surface area contributed by atoms with Crippen LogP contribution in [0.5, 0.6) is 0 Å². The van der Waals surface area contributed by atoms with Crippen molar-refractivity contribution in [1.29, 1.82) is 0 Å². The fourth-order valence-electron chi connectivity index (χ4n) is 5.90. The van der Waals surface area contributed by atoms with E-state index >= 15 is 4.39 Å². The van der Waals surface area contributed by atoms with Gasteiger partial charge < -0.3 is 15.1 Å². The number of carbonyl (C=O) groups excluding carboxylic acids is 2. The fraction of sp³-hybridized carbons (Fsp3) is 0.367. The molecule has 1 fully saturated rings. The summed E-state index contributed by atoms with van der Waals surface area (Å²) in [6.45, 7) is 5.81. The number of halogens is 1. The van der Waals surface area contributed by atoms with E-state index in [-0.39, 0.29) is 29.3 Å². The van der Waals surface area contributed by atoms with Crippen LogP contribution in [0.2, 0.25) is 0 Å². The van der Waals surface area contributed by atoms with Crippen molar-refractivity contribution >= 4 is 23.3 Å². The van der Waals surface area contributed by atoms with Gasteiger partial charge in [-0.05, 0) is 48.9 Å². The maximum atomic E-state index is 15.4. The number of carbonyl (C=O) groups is 2. The van der Waals surface area contributed by atoms with Gasteiger partial charge in [0.25, 0.3) is 5.91 Å². The number of fused-ring (bicyclic) bond motifs is 2. The Morgan fingerprint density at radius 3 is 2.77 bits per heavy atom. The molecule has 40 heavy (non-hydrogen) atoms. The number of hydrogen-bond acceptors (Lipinski definition) is 6. The van der Waals surface area contributed by atoms with Crippen molar-refractivity contribution in [3.8, 4) is 11.3 Å². The fourth-order valence-corrected chi connectivity index (χ4v) is 5.90. The lowest BCUT2D eigenvalue weighted by atomic mass is 9.93. The molecule has 2 atom stereocenters. The summed E-state index contributed by atoms with van der Waals surface area (Å²) in [6, 6.07) is 11.4. The number of imidazole rings is 1. The van der Waals surface area contributed by atoms with E-state index in [0.717, 1.165) is 17.5 Å². The summed E-state index contributed by atoms with van der Waals surface area (Å²) in [5.74, 6) is -0.236. The van der Waals surface area contributed by atoms with Crippen LogP contribution >= 0.6 is 0 Å². The Morgan fingerprint density at radius 1 is 1.18 bits per heavy atom. The predicted molar refractivity (Wildman–Crippen MR) is 150 cm³/mol. The van der Waals surface area contributed by atoms with E-state index in [2.05, 4.69) is 32.5 Å². The molecule has 0 unspecified atom stereocenters. The van der Waals surface area contributed by atoms with E-state index in [1.807, 2.05) is 35.8 Å².